The molecule has 0 N–H and O–H groups in total. The van der Waals surface area contributed by atoms with Crippen molar-refractivity contribution in [2.45, 2.75) is 51.0 Å². The van der Waals surface area contributed by atoms with Gasteiger partial charge in [-0.1, -0.05) is 5.16 Å². The zero-order valence-corrected chi connectivity index (χ0v) is 14.6. The van der Waals surface area contributed by atoms with Crippen LogP contribution in [0.25, 0.3) is 5.65 Å². The molecule has 134 valence electrons. The molecule has 7 nitrogen and oxygen atoms in total. The number of hydrogen-bond acceptors (Lipinski definition) is 5. The van der Waals surface area contributed by atoms with Crippen LogP contribution in [-0.2, 0) is 12.8 Å². The number of hydrogen-bond donors (Lipinski definition) is 0. The van der Waals surface area contributed by atoms with E-state index < -0.39 is 0 Å². The first-order valence-corrected chi connectivity index (χ1v) is 9.40. The number of carbonyl (C=O) groups excluding carboxylic acids is 1. The van der Waals surface area contributed by atoms with E-state index in [1.54, 1.807) is 10.7 Å². The highest BCUT2D eigenvalue weighted by Crippen LogP contribution is 2.33. The quantitative estimate of drug-likeness (QED) is 0.709. The van der Waals surface area contributed by atoms with Crippen LogP contribution in [0.5, 0.6) is 0 Å². The lowest BCUT2D eigenvalue weighted by Crippen LogP contribution is -2.39. The fraction of sp³-hybridized carbons (Fsp3) is 0.474. The molecule has 5 rings (SSSR count). The normalized spacial score (nSPS) is 20.3. The average molecular weight is 351 g/mol. The Morgan fingerprint density at radius 2 is 2.08 bits per heavy atom. The Morgan fingerprint density at radius 1 is 1.15 bits per heavy atom. The molecule has 7 heteroatoms. The molecule has 1 atom stereocenters. The molecule has 0 radical (unpaired) electrons. The number of piperidine rings is 1. The van der Waals surface area contributed by atoms with Crippen molar-refractivity contribution in [1.82, 2.24) is 24.7 Å². The Labute approximate surface area is 151 Å². The van der Waals surface area contributed by atoms with Crippen molar-refractivity contribution in [3.05, 3.63) is 47.2 Å². The maximum absolute atomic E-state index is 13.3. The van der Waals surface area contributed by atoms with Crippen LogP contribution in [0.4, 0.5) is 0 Å². The van der Waals surface area contributed by atoms with Gasteiger partial charge in [0.05, 0.1) is 17.9 Å². The molecule has 3 aromatic rings. The number of likely N-dealkylation sites (tertiary alicyclic amines) is 1. The number of nitrogens with zero attached hydrogens (tertiary/aromatic N) is 5. The van der Waals surface area contributed by atoms with Crippen LogP contribution < -0.4 is 0 Å². The van der Waals surface area contributed by atoms with Crippen LogP contribution >= 0.6 is 0 Å². The summed E-state index contributed by atoms with van der Waals surface area (Å²) in [5.74, 6) is 0.878. The van der Waals surface area contributed by atoms with Gasteiger partial charge in [-0.25, -0.2) is 9.50 Å². The minimum Gasteiger partial charge on any atom is -0.360 e. The smallest absolute Gasteiger partial charge is 0.276 e. The van der Waals surface area contributed by atoms with Gasteiger partial charge in [0.25, 0.3) is 5.91 Å². The summed E-state index contributed by atoms with van der Waals surface area (Å²) in [6.07, 6.45) is 10.6. The van der Waals surface area contributed by atoms with Crippen molar-refractivity contribution in [2.24, 2.45) is 0 Å². The number of rotatable bonds is 2. The molecule has 0 saturated carbocycles. The Balaban J connectivity index is 1.49. The standard InChI is InChI=1S/C19H21N5O2/c25-19(18-13-5-1-2-7-16(13)26-22-18)23-11-4-3-6-15(23)14-9-12-24-17(21-14)8-10-20-24/h8-10,12,15H,1-7,11H2/t15-/m0/s1. The predicted octanol–water partition coefficient (Wildman–Crippen LogP) is 2.96. The summed E-state index contributed by atoms with van der Waals surface area (Å²) in [7, 11) is 0. The van der Waals surface area contributed by atoms with Gasteiger partial charge in [-0.15, -0.1) is 0 Å². The summed E-state index contributed by atoms with van der Waals surface area (Å²) < 4.78 is 7.21. The Morgan fingerprint density at radius 3 is 3.04 bits per heavy atom. The van der Waals surface area contributed by atoms with Crippen molar-refractivity contribution in [3.63, 3.8) is 0 Å². The van der Waals surface area contributed by atoms with Crippen LogP contribution in [0, 0.1) is 0 Å². The Kier molecular flexibility index (Phi) is 3.72. The fourth-order valence-electron chi connectivity index (χ4n) is 4.18. The minimum atomic E-state index is -0.0212. The Bertz CT molecular complexity index is 960. The topological polar surface area (TPSA) is 76.5 Å². The van der Waals surface area contributed by atoms with E-state index in [0.717, 1.165) is 74.2 Å². The van der Waals surface area contributed by atoms with Gasteiger partial charge >= 0.3 is 0 Å². The van der Waals surface area contributed by atoms with Crippen LogP contribution in [0.1, 0.15) is 65.7 Å². The highest BCUT2D eigenvalue weighted by molar-refractivity contribution is 5.94. The average Bonchev–Trinajstić information content (AvgIpc) is 3.33. The van der Waals surface area contributed by atoms with Crippen molar-refractivity contribution in [3.8, 4) is 0 Å². The minimum absolute atomic E-state index is 0.0169. The second-order valence-electron chi connectivity index (χ2n) is 7.14. The molecular formula is C19H21N5O2. The third-order valence-electron chi connectivity index (χ3n) is 5.54. The monoisotopic (exact) mass is 351 g/mol. The molecule has 0 aromatic carbocycles. The highest BCUT2D eigenvalue weighted by atomic mass is 16.5. The van der Waals surface area contributed by atoms with E-state index in [-0.39, 0.29) is 11.9 Å². The van der Waals surface area contributed by atoms with Gasteiger partial charge in [0.2, 0.25) is 0 Å². The summed E-state index contributed by atoms with van der Waals surface area (Å²) in [6, 6.07) is 3.83. The number of carbonyl (C=O) groups is 1. The van der Waals surface area contributed by atoms with E-state index in [2.05, 4.69) is 10.3 Å². The molecule has 0 bridgehead atoms. The molecule has 1 fully saturated rings. The van der Waals surface area contributed by atoms with Crippen LogP contribution in [0.15, 0.2) is 29.0 Å². The second kappa shape index (κ2) is 6.23. The third-order valence-corrected chi connectivity index (χ3v) is 5.54. The van der Waals surface area contributed by atoms with Crippen molar-refractivity contribution >= 4 is 11.6 Å². The molecular weight excluding hydrogens is 330 g/mol. The van der Waals surface area contributed by atoms with Crippen LogP contribution in [0.3, 0.4) is 0 Å². The first kappa shape index (κ1) is 15.5. The molecule has 2 aliphatic rings. The summed E-state index contributed by atoms with van der Waals surface area (Å²) in [4.78, 5) is 19.9. The van der Waals surface area contributed by atoms with E-state index >= 15 is 0 Å². The van der Waals surface area contributed by atoms with Crippen molar-refractivity contribution in [1.29, 1.82) is 0 Å². The molecule has 26 heavy (non-hydrogen) atoms. The molecule has 1 aliphatic heterocycles. The lowest BCUT2D eigenvalue weighted by molar-refractivity contribution is 0.0594. The van der Waals surface area contributed by atoms with Gasteiger partial charge < -0.3 is 9.42 Å². The van der Waals surface area contributed by atoms with E-state index in [0.29, 0.717) is 5.69 Å². The highest BCUT2D eigenvalue weighted by Gasteiger charge is 2.34. The van der Waals surface area contributed by atoms with E-state index in [9.17, 15) is 4.79 Å². The number of aryl methyl sites for hydroxylation is 1. The summed E-state index contributed by atoms with van der Waals surface area (Å²) in [5.41, 5.74) is 3.25. The molecule has 0 spiro atoms. The zero-order valence-electron chi connectivity index (χ0n) is 14.6. The van der Waals surface area contributed by atoms with Gasteiger partial charge in [-0.2, -0.15) is 5.10 Å². The first-order chi connectivity index (χ1) is 12.8. The second-order valence-corrected chi connectivity index (χ2v) is 7.14. The number of fused-ring (bicyclic) bond motifs is 2. The van der Waals surface area contributed by atoms with Crippen LogP contribution in [-0.4, -0.2) is 37.1 Å². The van der Waals surface area contributed by atoms with E-state index in [4.69, 9.17) is 9.51 Å². The first-order valence-electron chi connectivity index (χ1n) is 9.40. The maximum Gasteiger partial charge on any atom is 0.276 e. The van der Waals surface area contributed by atoms with E-state index in [1.807, 2.05) is 23.2 Å². The zero-order chi connectivity index (χ0) is 17.5. The van der Waals surface area contributed by atoms with Crippen molar-refractivity contribution < 1.29 is 9.32 Å². The maximum atomic E-state index is 13.3. The third kappa shape index (κ3) is 2.50. The number of aromatic nitrogens is 4. The van der Waals surface area contributed by atoms with Gasteiger partial charge in [-0.05, 0) is 44.6 Å². The lowest BCUT2D eigenvalue weighted by atomic mass is 9.94. The van der Waals surface area contributed by atoms with Gasteiger partial charge in [0.15, 0.2) is 11.3 Å². The van der Waals surface area contributed by atoms with Crippen molar-refractivity contribution in [2.75, 3.05) is 6.54 Å². The summed E-state index contributed by atoms with van der Waals surface area (Å²) >= 11 is 0. The number of amides is 1. The molecule has 4 heterocycles. The van der Waals surface area contributed by atoms with Gasteiger partial charge in [-0.3, -0.25) is 4.79 Å². The fourth-order valence-corrected chi connectivity index (χ4v) is 4.18. The largest absolute Gasteiger partial charge is 0.360 e. The molecule has 1 aliphatic carbocycles. The molecule has 1 amide bonds. The van der Waals surface area contributed by atoms with Gasteiger partial charge in [0.1, 0.15) is 5.76 Å². The summed E-state index contributed by atoms with van der Waals surface area (Å²) in [6.45, 7) is 0.733. The van der Waals surface area contributed by atoms with Crippen LogP contribution in [0.2, 0.25) is 0 Å². The lowest BCUT2D eigenvalue weighted by Gasteiger charge is -2.35. The predicted molar refractivity (Wildman–Crippen MR) is 93.8 cm³/mol. The summed E-state index contributed by atoms with van der Waals surface area (Å²) in [5, 5.41) is 8.34. The van der Waals surface area contributed by atoms with E-state index in [1.165, 1.54) is 0 Å². The van der Waals surface area contributed by atoms with Gasteiger partial charge in [0, 0.05) is 30.8 Å². The molecule has 3 aromatic heterocycles. The molecule has 0 unspecified atom stereocenters. The Hall–Kier alpha value is -2.70. The molecule has 1 saturated heterocycles. The SMILES string of the molecule is O=C(c1noc2c1CCCC2)N1CCCC[C@H]1c1ccn2nccc2n1.